The van der Waals surface area contributed by atoms with Gasteiger partial charge in [0.1, 0.15) is 0 Å². The van der Waals surface area contributed by atoms with E-state index in [2.05, 4.69) is 6.92 Å². The number of halogens is 2. The summed E-state index contributed by atoms with van der Waals surface area (Å²) in [5.41, 5.74) is 3.01. The molecule has 0 aliphatic carbocycles. The van der Waals surface area contributed by atoms with Crippen LogP contribution in [-0.4, -0.2) is 61.9 Å². The Labute approximate surface area is 191 Å². The van der Waals surface area contributed by atoms with Crippen LogP contribution in [0.15, 0.2) is 48.5 Å². The van der Waals surface area contributed by atoms with Gasteiger partial charge in [-0.3, -0.25) is 14.5 Å². The second-order valence-corrected chi connectivity index (χ2v) is 7.63. The van der Waals surface area contributed by atoms with Gasteiger partial charge in [0.2, 0.25) is 0 Å². The third kappa shape index (κ3) is 6.58. The van der Waals surface area contributed by atoms with Gasteiger partial charge in [-0.25, -0.2) is 4.79 Å². The number of nitrogens with one attached hydrogen (secondary N) is 1. The van der Waals surface area contributed by atoms with Gasteiger partial charge in [0, 0.05) is 24.3 Å². The average molecular weight is 459 g/mol. The molecular formula is C24H27F2N3O4. The summed E-state index contributed by atoms with van der Waals surface area (Å²) >= 11 is 0. The first-order valence-electron chi connectivity index (χ1n) is 10.8. The van der Waals surface area contributed by atoms with Crippen molar-refractivity contribution < 1.29 is 27.9 Å². The van der Waals surface area contributed by atoms with Gasteiger partial charge in [-0.05, 0) is 29.7 Å². The van der Waals surface area contributed by atoms with Gasteiger partial charge in [-0.2, -0.15) is 8.78 Å². The summed E-state index contributed by atoms with van der Waals surface area (Å²) in [6.07, 6.45) is -2.27. The molecule has 176 valence electrons. The molecule has 33 heavy (non-hydrogen) atoms. The van der Waals surface area contributed by atoms with E-state index in [0.717, 1.165) is 17.7 Å². The zero-order chi connectivity index (χ0) is 23.8. The Morgan fingerprint density at radius 1 is 1.00 bits per heavy atom. The number of ketones is 1. The molecule has 0 bridgehead atoms. The molecule has 1 N–H and O–H groups in total. The highest BCUT2D eigenvalue weighted by atomic mass is 19.3. The number of Topliss-reactive ketones (excluding diaryl/α,β-unsaturated/α-hetero) is 1. The number of benzene rings is 2. The first-order valence-corrected chi connectivity index (χ1v) is 10.8. The van der Waals surface area contributed by atoms with E-state index in [1.165, 1.54) is 5.56 Å². The van der Waals surface area contributed by atoms with Crippen molar-refractivity contribution in [3.63, 3.8) is 0 Å². The largest absolute Gasteiger partial charge is 0.378 e. The second kappa shape index (κ2) is 11.5. The zero-order valence-corrected chi connectivity index (χ0v) is 18.4. The maximum Gasteiger partial charge on any atom is 0.324 e. The van der Waals surface area contributed by atoms with Gasteiger partial charge in [0.05, 0.1) is 26.3 Å². The van der Waals surface area contributed by atoms with Crippen LogP contribution < -0.4 is 10.2 Å². The Morgan fingerprint density at radius 3 is 2.18 bits per heavy atom. The summed E-state index contributed by atoms with van der Waals surface area (Å²) in [5, 5.41) is 1.90. The lowest BCUT2D eigenvalue weighted by Crippen LogP contribution is -2.48. The van der Waals surface area contributed by atoms with Crippen LogP contribution in [0.3, 0.4) is 0 Å². The molecule has 9 heteroatoms. The SMILES string of the molecule is CCc1ccc(N(Cc2ccc(C(=O)CNC(=O)C(F)F)cc2)C(=O)N2CCOCC2)cc1. The molecule has 0 unspecified atom stereocenters. The molecule has 3 amide bonds. The minimum atomic E-state index is -3.17. The van der Waals surface area contributed by atoms with E-state index in [0.29, 0.717) is 26.3 Å². The fourth-order valence-electron chi connectivity index (χ4n) is 3.43. The van der Waals surface area contributed by atoms with Crippen molar-refractivity contribution in [1.82, 2.24) is 10.2 Å². The molecule has 0 radical (unpaired) electrons. The van der Waals surface area contributed by atoms with Crippen molar-refractivity contribution in [2.24, 2.45) is 0 Å². The summed E-state index contributed by atoms with van der Waals surface area (Å²) in [7, 11) is 0. The van der Waals surface area contributed by atoms with E-state index in [1.807, 2.05) is 29.6 Å². The number of hydrogen-bond donors (Lipinski definition) is 1. The fraction of sp³-hybridized carbons (Fsp3) is 0.375. The smallest absolute Gasteiger partial charge is 0.324 e. The summed E-state index contributed by atoms with van der Waals surface area (Å²) in [6, 6.07) is 14.2. The number of ether oxygens (including phenoxy) is 1. The molecule has 7 nitrogen and oxygen atoms in total. The number of amides is 3. The Morgan fingerprint density at radius 2 is 1.61 bits per heavy atom. The summed E-state index contributed by atoms with van der Waals surface area (Å²) < 4.78 is 29.9. The molecule has 1 aliphatic heterocycles. The van der Waals surface area contributed by atoms with Crippen molar-refractivity contribution in [1.29, 1.82) is 0 Å². The Hall–Kier alpha value is -3.33. The predicted molar refractivity (Wildman–Crippen MR) is 120 cm³/mol. The van der Waals surface area contributed by atoms with E-state index in [9.17, 15) is 23.2 Å². The van der Waals surface area contributed by atoms with Crippen LogP contribution in [0, 0.1) is 0 Å². The van der Waals surface area contributed by atoms with Crippen LogP contribution in [0.5, 0.6) is 0 Å². The topological polar surface area (TPSA) is 79.0 Å². The van der Waals surface area contributed by atoms with E-state index >= 15 is 0 Å². The van der Waals surface area contributed by atoms with Gasteiger partial charge < -0.3 is 15.0 Å². The van der Waals surface area contributed by atoms with E-state index in [1.54, 1.807) is 34.1 Å². The predicted octanol–water partition coefficient (Wildman–Crippen LogP) is 3.27. The fourth-order valence-corrected chi connectivity index (χ4v) is 3.43. The van der Waals surface area contributed by atoms with Gasteiger partial charge in [-0.1, -0.05) is 43.3 Å². The summed E-state index contributed by atoms with van der Waals surface area (Å²) in [6.45, 7) is 3.86. The second-order valence-electron chi connectivity index (χ2n) is 7.63. The minimum Gasteiger partial charge on any atom is -0.378 e. The number of carbonyl (C=O) groups excluding carboxylic acids is 3. The van der Waals surface area contributed by atoms with Crippen molar-refractivity contribution in [3.05, 3.63) is 65.2 Å². The molecular weight excluding hydrogens is 432 g/mol. The summed E-state index contributed by atoms with van der Waals surface area (Å²) in [5.74, 6) is -1.96. The van der Waals surface area contributed by atoms with Crippen LogP contribution >= 0.6 is 0 Å². The number of nitrogens with zero attached hydrogens (tertiary/aromatic N) is 2. The number of carbonyl (C=O) groups is 3. The normalized spacial score (nSPS) is 13.6. The van der Waals surface area contributed by atoms with Gasteiger partial charge in [0.15, 0.2) is 5.78 Å². The Balaban J connectivity index is 1.74. The highest BCUT2D eigenvalue weighted by Crippen LogP contribution is 2.21. The third-order valence-electron chi connectivity index (χ3n) is 5.41. The molecule has 0 aromatic heterocycles. The average Bonchev–Trinajstić information content (AvgIpc) is 2.86. The van der Waals surface area contributed by atoms with Crippen molar-refractivity contribution in [2.75, 3.05) is 37.7 Å². The molecule has 1 saturated heterocycles. The molecule has 1 fully saturated rings. The Kier molecular flexibility index (Phi) is 8.48. The van der Waals surface area contributed by atoms with E-state index < -0.39 is 24.7 Å². The number of anilines is 1. The van der Waals surface area contributed by atoms with Crippen LogP contribution in [0.1, 0.15) is 28.4 Å². The molecule has 1 heterocycles. The minimum absolute atomic E-state index is 0.127. The maximum atomic E-state index is 13.3. The first kappa shape index (κ1) is 24.3. The van der Waals surface area contributed by atoms with E-state index in [4.69, 9.17) is 4.74 Å². The highest BCUT2D eigenvalue weighted by Gasteiger charge is 2.24. The Bertz CT molecular complexity index is 959. The number of urea groups is 1. The number of alkyl halides is 2. The van der Waals surface area contributed by atoms with Crippen molar-refractivity contribution >= 4 is 23.4 Å². The van der Waals surface area contributed by atoms with Crippen LogP contribution in [0.4, 0.5) is 19.3 Å². The monoisotopic (exact) mass is 459 g/mol. The highest BCUT2D eigenvalue weighted by molar-refractivity contribution is 5.99. The first-order chi connectivity index (χ1) is 15.9. The quantitative estimate of drug-likeness (QED) is 0.615. The number of hydrogen-bond acceptors (Lipinski definition) is 4. The lowest BCUT2D eigenvalue weighted by Gasteiger charge is -2.33. The third-order valence-corrected chi connectivity index (χ3v) is 5.41. The zero-order valence-electron chi connectivity index (χ0n) is 18.4. The van der Waals surface area contributed by atoms with Crippen molar-refractivity contribution in [2.45, 2.75) is 26.3 Å². The number of morpholine rings is 1. The lowest BCUT2D eigenvalue weighted by atomic mass is 10.1. The van der Waals surface area contributed by atoms with E-state index in [-0.39, 0.29) is 18.1 Å². The number of aryl methyl sites for hydroxylation is 1. The van der Waals surface area contributed by atoms with Crippen molar-refractivity contribution in [3.8, 4) is 0 Å². The van der Waals surface area contributed by atoms with Crippen LogP contribution in [-0.2, 0) is 22.5 Å². The van der Waals surface area contributed by atoms with Gasteiger partial charge >= 0.3 is 12.5 Å². The lowest BCUT2D eigenvalue weighted by molar-refractivity contribution is -0.131. The molecule has 1 aliphatic rings. The van der Waals surface area contributed by atoms with Crippen LogP contribution in [0.25, 0.3) is 0 Å². The summed E-state index contributed by atoms with van der Waals surface area (Å²) in [4.78, 5) is 39.8. The molecule has 0 spiro atoms. The maximum absolute atomic E-state index is 13.3. The molecule has 0 atom stereocenters. The van der Waals surface area contributed by atoms with Gasteiger partial charge in [-0.15, -0.1) is 0 Å². The van der Waals surface area contributed by atoms with Gasteiger partial charge in [0.25, 0.3) is 5.91 Å². The molecule has 0 saturated carbocycles. The molecule has 2 aromatic carbocycles. The standard InChI is InChI=1S/C24H27F2N3O4/c1-2-17-5-9-20(10-6-17)29(24(32)28-11-13-33-14-12-28)16-18-3-7-19(8-4-18)21(30)15-27-23(31)22(25)26/h3-10,22H,2,11-16H2,1H3,(H,27,31). The van der Waals surface area contributed by atoms with Crippen LogP contribution in [0.2, 0.25) is 0 Å². The number of rotatable bonds is 8. The molecule has 3 rings (SSSR count). The molecule has 2 aromatic rings.